The number of rotatable bonds is 4. The molecule has 4 aliphatic heterocycles. The molecule has 0 aromatic heterocycles. The summed E-state index contributed by atoms with van der Waals surface area (Å²) in [6.45, 7) is 7.66. The molecule has 0 amide bonds. The Kier molecular flexibility index (Phi) is 5.28. The van der Waals surface area contributed by atoms with Gasteiger partial charge in [-0.2, -0.15) is 0 Å². The van der Waals surface area contributed by atoms with Crippen LogP contribution in [-0.2, 0) is 24.0 Å². The molecule has 9 atom stereocenters. The normalized spacial score (nSPS) is 43.8. The van der Waals surface area contributed by atoms with Crippen LogP contribution in [0.25, 0.3) is 0 Å². The zero-order valence-electron chi connectivity index (χ0n) is 18.9. The highest BCUT2D eigenvalue weighted by atomic mass is 19.1. The van der Waals surface area contributed by atoms with Crippen LogP contribution in [0.1, 0.15) is 64.9 Å². The first-order valence-corrected chi connectivity index (χ1v) is 11.5. The second kappa shape index (κ2) is 7.65. The van der Waals surface area contributed by atoms with E-state index < -0.39 is 41.7 Å². The minimum atomic E-state index is -1.01. The fraction of sp³-hybridized carbons (Fsp3) is 0.708. The Morgan fingerprint density at radius 2 is 2.00 bits per heavy atom. The maximum atomic E-state index is 14.8. The first kappa shape index (κ1) is 22.1. The van der Waals surface area contributed by atoms with Gasteiger partial charge in [0.2, 0.25) is 12.1 Å². The molecule has 6 rings (SSSR count). The van der Waals surface area contributed by atoms with Gasteiger partial charge in [0.15, 0.2) is 23.5 Å². The van der Waals surface area contributed by atoms with E-state index >= 15 is 0 Å². The highest BCUT2D eigenvalue weighted by Gasteiger charge is 2.69. The minimum Gasteiger partial charge on any atom is -0.481 e. The molecule has 1 N–H and O–H groups in total. The monoisotopic (exact) mass is 450 g/mol. The fourth-order valence-electron chi connectivity index (χ4n) is 6.16. The van der Waals surface area contributed by atoms with Crippen LogP contribution in [0.15, 0.2) is 18.2 Å². The van der Waals surface area contributed by atoms with E-state index in [1.807, 2.05) is 13.8 Å². The minimum absolute atomic E-state index is 0.0297. The number of fused-ring (bicyclic) bond motifs is 2. The average molecular weight is 451 g/mol. The Morgan fingerprint density at radius 3 is 2.72 bits per heavy atom. The highest BCUT2D eigenvalue weighted by Crippen LogP contribution is 2.60. The SMILES string of the molecule is CC(C(=O)O)c1ccc(O[C@H]2O[C@@H]3O[C@@]4(C)CC[C@H]5[C@H](C)CC[C@@H]([C@H]2C)[C@@]35OO4)c(F)c1. The van der Waals surface area contributed by atoms with Gasteiger partial charge in [-0.3, -0.25) is 4.79 Å². The summed E-state index contributed by atoms with van der Waals surface area (Å²) in [7, 11) is 0. The molecule has 176 valence electrons. The topological polar surface area (TPSA) is 83.5 Å². The number of carboxylic acids is 1. The zero-order valence-corrected chi connectivity index (χ0v) is 18.9. The molecule has 8 heteroatoms. The van der Waals surface area contributed by atoms with Crippen LogP contribution < -0.4 is 4.74 Å². The molecule has 1 aromatic carbocycles. The van der Waals surface area contributed by atoms with E-state index in [0.717, 1.165) is 19.3 Å². The third-order valence-corrected chi connectivity index (χ3v) is 8.17. The molecule has 1 aliphatic carbocycles. The van der Waals surface area contributed by atoms with Gasteiger partial charge in [0.1, 0.15) is 0 Å². The molecule has 1 unspecified atom stereocenters. The van der Waals surface area contributed by atoms with E-state index in [0.29, 0.717) is 17.9 Å². The molecule has 0 radical (unpaired) electrons. The van der Waals surface area contributed by atoms with Gasteiger partial charge in [-0.15, -0.1) is 0 Å². The highest BCUT2D eigenvalue weighted by molar-refractivity contribution is 5.75. The Morgan fingerprint density at radius 1 is 1.22 bits per heavy atom. The molecular formula is C24H31FO7. The van der Waals surface area contributed by atoms with Crippen molar-refractivity contribution < 1.29 is 38.3 Å². The van der Waals surface area contributed by atoms with Gasteiger partial charge >= 0.3 is 5.97 Å². The molecule has 7 nitrogen and oxygen atoms in total. The summed E-state index contributed by atoms with van der Waals surface area (Å²) >= 11 is 0. The van der Waals surface area contributed by atoms with Crippen LogP contribution in [0, 0.1) is 29.5 Å². The van der Waals surface area contributed by atoms with Crippen molar-refractivity contribution in [3.05, 3.63) is 29.6 Å². The van der Waals surface area contributed by atoms with E-state index in [1.165, 1.54) is 19.1 Å². The summed E-state index contributed by atoms with van der Waals surface area (Å²) in [5.41, 5.74) is -0.322. The summed E-state index contributed by atoms with van der Waals surface area (Å²) in [5, 5.41) is 9.19. The number of carbonyl (C=O) groups is 1. The molecule has 4 heterocycles. The van der Waals surface area contributed by atoms with Crippen molar-refractivity contribution in [3.63, 3.8) is 0 Å². The van der Waals surface area contributed by atoms with Crippen molar-refractivity contribution in [1.82, 2.24) is 0 Å². The lowest BCUT2D eigenvalue weighted by atomic mass is 9.58. The van der Waals surface area contributed by atoms with E-state index in [4.69, 9.17) is 24.0 Å². The second-order valence-electron chi connectivity index (χ2n) is 10.1. The lowest BCUT2D eigenvalue weighted by molar-refractivity contribution is -0.575. The Labute approximate surface area is 187 Å². The standard InChI is InChI=1S/C24H31FO7/c1-12-5-7-17-14(3)21(28-19-8-6-15(11-18(19)25)13(2)20(26)27)29-22-24(17)16(12)9-10-23(4,30-22)31-32-24/h6,8,11-14,16-17,21-22H,5,7,9-10H2,1-4H3,(H,26,27)/t12-,13?,14-,16+,17+,21+,22-,23-,24-/m1/s1. The van der Waals surface area contributed by atoms with Crippen LogP contribution in [0.2, 0.25) is 0 Å². The molecule has 32 heavy (non-hydrogen) atoms. The van der Waals surface area contributed by atoms with E-state index in [9.17, 15) is 14.3 Å². The van der Waals surface area contributed by atoms with Gasteiger partial charge in [0, 0.05) is 18.3 Å². The Hall–Kier alpha value is -1.74. The largest absolute Gasteiger partial charge is 0.481 e. The van der Waals surface area contributed by atoms with Gasteiger partial charge in [0.25, 0.3) is 0 Å². The van der Waals surface area contributed by atoms with Crippen LogP contribution in [0.4, 0.5) is 4.39 Å². The van der Waals surface area contributed by atoms with Crippen molar-refractivity contribution >= 4 is 5.97 Å². The van der Waals surface area contributed by atoms with Crippen LogP contribution in [-0.4, -0.2) is 35.0 Å². The van der Waals surface area contributed by atoms with E-state index in [1.54, 1.807) is 6.07 Å². The zero-order chi connectivity index (χ0) is 22.8. The molecule has 4 saturated heterocycles. The van der Waals surface area contributed by atoms with Crippen molar-refractivity contribution in [2.45, 2.75) is 83.3 Å². The van der Waals surface area contributed by atoms with Crippen molar-refractivity contribution in [3.8, 4) is 5.75 Å². The third-order valence-electron chi connectivity index (χ3n) is 8.17. The van der Waals surface area contributed by atoms with Crippen LogP contribution in [0.5, 0.6) is 5.75 Å². The quantitative estimate of drug-likeness (QED) is 0.671. The number of halogens is 1. The van der Waals surface area contributed by atoms with Gasteiger partial charge in [0.05, 0.1) is 5.92 Å². The number of aliphatic carboxylic acids is 1. The molecule has 1 saturated carbocycles. The molecule has 1 spiro atoms. The van der Waals surface area contributed by atoms with Crippen molar-refractivity contribution in [2.75, 3.05) is 0 Å². The summed E-state index contributed by atoms with van der Waals surface area (Å²) in [6, 6.07) is 4.26. The lowest BCUT2D eigenvalue weighted by Gasteiger charge is -2.60. The summed E-state index contributed by atoms with van der Waals surface area (Å²) in [5.74, 6) is -2.61. The second-order valence-corrected chi connectivity index (χ2v) is 10.1. The molecule has 5 fully saturated rings. The molecule has 1 aromatic rings. The Bertz CT molecular complexity index is 908. The number of ether oxygens (including phenoxy) is 3. The number of benzene rings is 1. The molecule has 5 aliphatic rings. The number of carboxylic acid groups (broad SMARTS) is 1. The number of hydrogen-bond acceptors (Lipinski definition) is 6. The van der Waals surface area contributed by atoms with Crippen LogP contribution >= 0.6 is 0 Å². The summed E-state index contributed by atoms with van der Waals surface area (Å²) in [4.78, 5) is 23.1. The van der Waals surface area contributed by atoms with Crippen LogP contribution in [0.3, 0.4) is 0 Å². The van der Waals surface area contributed by atoms with Crippen molar-refractivity contribution in [2.24, 2.45) is 23.7 Å². The Balaban J connectivity index is 1.43. The number of hydrogen-bond donors (Lipinski definition) is 1. The maximum Gasteiger partial charge on any atom is 0.310 e. The van der Waals surface area contributed by atoms with Gasteiger partial charge in [-0.1, -0.05) is 19.9 Å². The fourth-order valence-corrected chi connectivity index (χ4v) is 6.16. The lowest BCUT2D eigenvalue weighted by Crippen LogP contribution is -2.70. The molecule has 2 bridgehead atoms. The van der Waals surface area contributed by atoms with E-state index in [2.05, 4.69) is 6.92 Å². The van der Waals surface area contributed by atoms with Gasteiger partial charge in [-0.05, 0) is 62.6 Å². The van der Waals surface area contributed by atoms with Gasteiger partial charge in [-0.25, -0.2) is 14.2 Å². The van der Waals surface area contributed by atoms with E-state index in [-0.39, 0.29) is 23.5 Å². The summed E-state index contributed by atoms with van der Waals surface area (Å²) < 4.78 is 33.4. The molecular weight excluding hydrogens is 419 g/mol. The smallest absolute Gasteiger partial charge is 0.310 e. The predicted molar refractivity (Wildman–Crippen MR) is 110 cm³/mol. The third kappa shape index (κ3) is 3.26. The first-order chi connectivity index (χ1) is 15.1. The van der Waals surface area contributed by atoms with Gasteiger partial charge < -0.3 is 19.3 Å². The summed E-state index contributed by atoms with van der Waals surface area (Å²) in [6.07, 6.45) is 2.24. The average Bonchev–Trinajstić information content (AvgIpc) is 2.98. The predicted octanol–water partition coefficient (Wildman–Crippen LogP) is 4.60. The van der Waals surface area contributed by atoms with Crippen molar-refractivity contribution in [1.29, 1.82) is 0 Å². The maximum absolute atomic E-state index is 14.8. The first-order valence-electron chi connectivity index (χ1n) is 11.5.